The lowest BCUT2D eigenvalue weighted by Gasteiger charge is -2.32. The second-order valence-corrected chi connectivity index (χ2v) is 5.65. The molecule has 0 aromatic heterocycles. The van der Waals surface area contributed by atoms with Crippen molar-refractivity contribution in [3.63, 3.8) is 0 Å². The summed E-state index contributed by atoms with van der Waals surface area (Å²) in [5.74, 6) is -0.134. The Balaban J connectivity index is 1.92. The van der Waals surface area contributed by atoms with Crippen LogP contribution in [-0.2, 0) is 16.1 Å². The van der Waals surface area contributed by atoms with Crippen LogP contribution in [0.25, 0.3) is 0 Å². The van der Waals surface area contributed by atoms with Gasteiger partial charge < -0.3 is 14.7 Å². The van der Waals surface area contributed by atoms with E-state index in [9.17, 15) is 9.59 Å². The van der Waals surface area contributed by atoms with Crippen molar-refractivity contribution in [2.45, 2.75) is 12.6 Å². The van der Waals surface area contributed by atoms with E-state index >= 15 is 0 Å². The van der Waals surface area contributed by atoms with E-state index in [1.807, 2.05) is 12.1 Å². The third kappa shape index (κ3) is 3.21. The molecule has 1 aromatic rings. The third-order valence-electron chi connectivity index (χ3n) is 3.92. The lowest BCUT2D eigenvalue weighted by atomic mass is 10.0. The van der Waals surface area contributed by atoms with E-state index in [4.69, 9.17) is 21.4 Å². The summed E-state index contributed by atoms with van der Waals surface area (Å²) in [4.78, 5) is 25.2. The second-order valence-electron chi connectivity index (χ2n) is 5.33. The highest BCUT2D eigenvalue weighted by Crippen LogP contribution is 2.22. The molecular formula is C15H16ClN3O4. The molecule has 1 fully saturated rings. The number of carbonyl (C=O) groups excluding carboxylic acids is 2. The number of morpholine rings is 1. The second kappa shape index (κ2) is 6.66. The lowest BCUT2D eigenvalue weighted by molar-refractivity contribution is -0.143. The van der Waals surface area contributed by atoms with Crippen LogP contribution < -0.4 is 0 Å². The molecule has 0 radical (unpaired) electrons. The molecule has 0 saturated carbocycles. The van der Waals surface area contributed by atoms with Crippen LogP contribution in [0, 0.1) is 0 Å². The molecule has 23 heavy (non-hydrogen) atoms. The van der Waals surface area contributed by atoms with E-state index in [1.165, 1.54) is 0 Å². The van der Waals surface area contributed by atoms with Gasteiger partial charge in [-0.3, -0.25) is 9.59 Å². The van der Waals surface area contributed by atoms with Crippen molar-refractivity contribution in [3.8, 4) is 0 Å². The summed E-state index contributed by atoms with van der Waals surface area (Å²) >= 11 is 5.54. The molecule has 1 saturated heterocycles. The molecule has 7 nitrogen and oxygen atoms in total. The normalized spacial score (nSPS) is 21.6. The average Bonchev–Trinajstić information content (AvgIpc) is 3.01. The highest BCUT2D eigenvalue weighted by atomic mass is 35.5. The molecule has 1 aromatic carbocycles. The summed E-state index contributed by atoms with van der Waals surface area (Å²) in [7, 11) is 0. The number of ether oxygens (including phenoxy) is 1. The van der Waals surface area contributed by atoms with Gasteiger partial charge in [0.15, 0.2) is 0 Å². The van der Waals surface area contributed by atoms with Gasteiger partial charge in [-0.1, -0.05) is 24.3 Å². The molecule has 2 heterocycles. The molecule has 0 bridgehead atoms. The Morgan fingerprint density at radius 2 is 2.13 bits per heavy atom. The van der Waals surface area contributed by atoms with Gasteiger partial charge in [0.2, 0.25) is 5.91 Å². The van der Waals surface area contributed by atoms with Gasteiger partial charge in [-0.15, -0.1) is 0 Å². The van der Waals surface area contributed by atoms with Gasteiger partial charge in [-0.2, -0.15) is 5.10 Å². The van der Waals surface area contributed by atoms with E-state index in [-0.39, 0.29) is 31.7 Å². The molecule has 2 aliphatic heterocycles. The zero-order valence-corrected chi connectivity index (χ0v) is 13.1. The molecule has 1 atom stereocenters. The van der Waals surface area contributed by atoms with E-state index in [1.54, 1.807) is 17.0 Å². The van der Waals surface area contributed by atoms with Gasteiger partial charge in [0, 0.05) is 6.54 Å². The van der Waals surface area contributed by atoms with E-state index in [0.29, 0.717) is 18.9 Å². The first-order valence-electron chi connectivity index (χ1n) is 7.23. The summed E-state index contributed by atoms with van der Waals surface area (Å²) in [6.07, 6.45) is 0. The Kier molecular flexibility index (Phi) is 4.61. The Bertz CT molecular complexity index is 647. The maximum atomic E-state index is 12.1. The number of aliphatic hydroxyl groups is 1. The van der Waals surface area contributed by atoms with Crippen LogP contribution in [0.1, 0.15) is 11.1 Å². The SMILES string of the molecule is O=C(Cl)N1CC(N2CCOCC2=O)C(c2ccc(CO)cc2)=N1. The van der Waals surface area contributed by atoms with Gasteiger partial charge in [0.1, 0.15) is 6.61 Å². The summed E-state index contributed by atoms with van der Waals surface area (Å²) in [5.41, 5.74) is 2.17. The van der Waals surface area contributed by atoms with Gasteiger partial charge in [-0.05, 0) is 22.7 Å². The van der Waals surface area contributed by atoms with Gasteiger partial charge >= 0.3 is 5.37 Å². The monoisotopic (exact) mass is 337 g/mol. The Morgan fingerprint density at radius 3 is 2.74 bits per heavy atom. The molecule has 1 unspecified atom stereocenters. The number of aliphatic hydroxyl groups excluding tert-OH is 1. The van der Waals surface area contributed by atoms with Crippen molar-refractivity contribution in [1.29, 1.82) is 0 Å². The number of nitrogens with zero attached hydrogens (tertiary/aromatic N) is 3. The Morgan fingerprint density at radius 1 is 1.39 bits per heavy atom. The standard InChI is InChI=1S/C15H16ClN3O4/c16-15(22)19-7-12(18-5-6-23-9-13(18)21)14(17-19)11-3-1-10(8-20)2-4-11/h1-4,12,20H,5-9H2. The van der Waals surface area contributed by atoms with Gasteiger partial charge in [0.05, 0.1) is 31.5 Å². The molecule has 0 spiro atoms. The zero-order chi connectivity index (χ0) is 16.4. The van der Waals surface area contributed by atoms with Crippen molar-refractivity contribution in [2.75, 3.05) is 26.3 Å². The number of carbonyl (C=O) groups is 2. The van der Waals surface area contributed by atoms with Crippen LogP contribution in [-0.4, -0.2) is 64.3 Å². The maximum absolute atomic E-state index is 12.1. The minimum Gasteiger partial charge on any atom is -0.392 e. The number of benzene rings is 1. The van der Waals surface area contributed by atoms with Crippen molar-refractivity contribution in [1.82, 2.24) is 9.91 Å². The molecule has 3 rings (SSSR count). The topological polar surface area (TPSA) is 82.4 Å². The quantitative estimate of drug-likeness (QED) is 0.653. The van der Waals surface area contributed by atoms with Crippen LogP contribution in [0.15, 0.2) is 29.4 Å². The number of hydrogen-bond donors (Lipinski definition) is 1. The first-order chi connectivity index (χ1) is 11.1. The number of hydrogen-bond acceptors (Lipinski definition) is 5. The van der Waals surface area contributed by atoms with Crippen molar-refractivity contribution < 1.29 is 19.4 Å². The fourth-order valence-corrected chi connectivity index (χ4v) is 2.84. The van der Waals surface area contributed by atoms with Crippen LogP contribution in [0.2, 0.25) is 0 Å². The maximum Gasteiger partial charge on any atom is 0.336 e. The van der Waals surface area contributed by atoms with E-state index in [0.717, 1.165) is 16.1 Å². The minimum absolute atomic E-state index is 0.0298. The smallest absolute Gasteiger partial charge is 0.336 e. The third-order valence-corrected chi connectivity index (χ3v) is 4.12. The highest BCUT2D eigenvalue weighted by molar-refractivity contribution is 6.62. The van der Waals surface area contributed by atoms with Gasteiger partial charge in [0.25, 0.3) is 0 Å². The summed E-state index contributed by atoms with van der Waals surface area (Å²) in [5, 5.41) is 13.9. The zero-order valence-electron chi connectivity index (χ0n) is 12.3. The van der Waals surface area contributed by atoms with Crippen LogP contribution >= 0.6 is 11.6 Å². The van der Waals surface area contributed by atoms with Gasteiger partial charge in [-0.25, -0.2) is 5.01 Å². The van der Waals surface area contributed by atoms with E-state index in [2.05, 4.69) is 5.10 Å². The first kappa shape index (κ1) is 15.9. The molecule has 1 N–H and O–H groups in total. The molecular weight excluding hydrogens is 322 g/mol. The molecule has 2 aliphatic rings. The molecule has 2 amide bonds. The number of rotatable bonds is 3. The predicted octanol–water partition coefficient (Wildman–Crippen LogP) is 0.785. The number of halogens is 1. The lowest BCUT2D eigenvalue weighted by Crippen LogP contribution is -2.52. The number of amides is 2. The average molecular weight is 338 g/mol. The Hall–Kier alpha value is -1.96. The number of hydrazone groups is 1. The van der Waals surface area contributed by atoms with Crippen LogP contribution in [0.5, 0.6) is 0 Å². The van der Waals surface area contributed by atoms with Crippen molar-refractivity contribution >= 4 is 28.6 Å². The predicted molar refractivity (Wildman–Crippen MR) is 83.2 cm³/mol. The fraction of sp³-hybridized carbons (Fsp3) is 0.400. The van der Waals surface area contributed by atoms with Crippen LogP contribution in [0.3, 0.4) is 0 Å². The minimum atomic E-state index is -0.683. The van der Waals surface area contributed by atoms with E-state index < -0.39 is 5.37 Å². The Labute approximate surface area is 138 Å². The molecule has 8 heteroatoms. The first-order valence-corrected chi connectivity index (χ1v) is 7.61. The summed E-state index contributed by atoms with van der Waals surface area (Å²) in [6.45, 7) is 1.10. The highest BCUT2D eigenvalue weighted by Gasteiger charge is 2.37. The molecule has 0 aliphatic carbocycles. The van der Waals surface area contributed by atoms with Crippen molar-refractivity contribution in [2.24, 2.45) is 5.10 Å². The summed E-state index contributed by atoms with van der Waals surface area (Å²) in [6, 6.07) is 6.83. The summed E-state index contributed by atoms with van der Waals surface area (Å²) < 4.78 is 5.15. The van der Waals surface area contributed by atoms with Crippen molar-refractivity contribution in [3.05, 3.63) is 35.4 Å². The largest absolute Gasteiger partial charge is 0.392 e. The fourth-order valence-electron chi connectivity index (χ4n) is 2.74. The molecule has 122 valence electrons. The van der Waals surface area contributed by atoms with Crippen LogP contribution in [0.4, 0.5) is 4.79 Å².